The zero-order valence-corrected chi connectivity index (χ0v) is 7.67. The first-order valence-corrected chi connectivity index (χ1v) is 4.81. The van der Waals surface area contributed by atoms with Gasteiger partial charge in [0.25, 0.3) is 0 Å². The Hall–Kier alpha value is -1.22. The smallest absolute Gasteiger partial charge is 0.197 e. The molecule has 0 unspecified atom stereocenters. The lowest BCUT2D eigenvalue weighted by Gasteiger charge is -1.99. The van der Waals surface area contributed by atoms with Crippen LogP contribution in [0.4, 0.5) is 0 Å². The van der Waals surface area contributed by atoms with E-state index >= 15 is 0 Å². The van der Waals surface area contributed by atoms with Crippen molar-refractivity contribution in [2.75, 3.05) is 0 Å². The van der Waals surface area contributed by atoms with E-state index in [1.165, 1.54) is 11.8 Å². The highest BCUT2D eigenvalue weighted by Gasteiger charge is 2.14. The van der Waals surface area contributed by atoms with Crippen molar-refractivity contribution in [3.8, 4) is 5.75 Å². The number of hydrogen-bond acceptors (Lipinski definition) is 3. The molecule has 0 radical (unpaired) electrons. The maximum atomic E-state index is 11.0. The number of allylic oxidation sites excluding steroid dienone is 1. The van der Waals surface area contributed by atoms with Crippen LogP contribution >= 0.6 is 11.8 Å². The molecule has 0 saturated carbocycles. The molecule has 1 heterocycles. The number of hydrogen-bond donors (Lipinski definition) is 1. The molecule has 1 aliphatic rings. The van der Waals surface area contributed by atoms with Gasteiger partial charge in [0.15, 0.2) is 5.12 Å². The molecule has 13 heavy (non-hydrogen) atoms. The van der Waals surface area contributed by atoms with E-state index in [0.717, 1.165) is 11.1 Å². The average Bonchev–Trinajstić information content (AvgIpc) is 2.53. The fourth-order valence-electron chi connectivity index (χ4n) is 1.22. The van der Waals surface area contributed by atoms with Crippen molar-refractivity contribution in [1.82, 2.24) is 0 Å². The van der Waals surface area contributed by atoms with Gasteiger partial charge in [0.2, 0.25) is 0 Å². The molecule has 0 atom stereocenters. The summed E-state index contributed by atoms with van der Waals surface area (Å²) >= 11 is 1.24. The van der Waals surface area contributed by atoms with Crippen molar-refractivity contribution in [1.29, 1.82) is 0 Å². The van der Waals surface area contributed by atoms with Crippen LogP contribution in [-0.2, 0) is 4.79 Å². The van der Waals surface area contributed by atoms with Gasteiger partial charge in [0.05, 0.1) is 0 Å². The highest BCUT2D eigenvalue weighted by atomic mass is 32.2. The van der Waals surface area contributed by atoms with Gasteiger partial charge >= 0.3 is 0 Å². The fourth-order valence-corrected chi connectivity index (χ4v) is 1.95. The number of carbonyl (C=O) groups is 1. The van der Waals surface area contributed by atoms with Crippen molar-refractivity contribution >= 4 is 22.5 Å². The molecule has 0 saturated heterocycles. The summed E-state index contributed by atoms with van der Waals surface area (Å²) in [6.07, 6.45) is 0.495. The maximum Gasteiger partial charge on any atom is 0.197 e. The predicted molar refractivity (Wildman–Crippen MR) is 53.3 cm³/mol. The van der Waals surface area contributed by atoms with E-state index in [9.17, 15) is 4.79 Å². The summed E-state index contributed by atoms with van der Waals surface area (Å²) in [5.41, 5.74) is 2.05. The van der Waals surface area contributed by atoms with Crippen molar-refractivity contribution in [2.45, 2.75) is 6.42 Å². The Kier molecular flexibility index (Phi) is 2.10. The molecule has 0 spiro atoms. The summed E-state index contributed by atoms with van der Waals surface area (Å²) in [7, 11) is 0. The van der Waals surface area contributed by atoms with Crippen molar-refractivity contribution in [3.63, 3.8) is 0 Å². The first-order valence-electron chi connectivity index (χ1n) is 3.93. The molecule has 66 valence electrons. The van der Waals surface area contributed by atoms with Crippen LogP contribution in [0.15, 0.2) is 29.7 Å². The summed E-state index contributed by atoms with van der Waals surface area (Å²) in [6, 6.07) is 6.90. The van der Waals surface area contributed by atoms with Gasteiger partial charge < -0.3 is 5.11 Å². The topological polar surface area (TPSA) is 37.3 Å². The predicted octanol–water partition coefficient (Wildman–Crippen LogP) is 2.40. The number of rotatable bonds is 1. The van der Waals surface area contributed by atoms with E-state index in [1.54, 1.807) is 12.1 Å². The second kappa shape index (κ2) is 3.26. The molecule has 0 fully saturated rings. The Morgan fingerprint density at radius 3 is 2.46 bits per heavy atom. The van der Waals surface area contributed by atoms with Crippen LogP contribution in [0.3, 0.4) is 0 Å². The van der Waals surface area contributed by atoms with Gasteiger partial charge in [-0.1, -0.05) is 23.9 Å². The minimum atomic E-state index is 0.183. The number of carbonyl (C=O) groups excluding carboxylic acids is 1. The normalized spacial score (nSPS) is 16.0. The molecule has 1 aliphatic heterocycles. The van der Waals surface area contributed by atoms with Crippen molar-refractivity contribution in [3.05, 3.63) is 35.2 Å². The molecule has 1 N–H and O–H groups in total. The molecule has 0 bridgehead atoms. The second-order valence-electron chi connectivity index (χ2n) is 2.86. The third-order valence-corrected chi connectivity index (χ3v) is 2.72. The van der Waals surface area contributed by atoms with E-state index in [2.05, 4.69) is 0 Å². The van der Waals surface area contributed by atoms with E-state index < -0.39 is 0 Å². The van der Waals surface area contributed by atoms with Gasteiger partial charge in [-0.15, -0.1) is 0 Å². The molecular weight excluding hydrogens is 184 g/mol. The van der Waals surface area contributed by atoms with Crippen LogP contribution in [0.25, 0.3) is 5.57 Å². The first kappa shape index (κ1) is 8.38. The van der Waals surface area contributed by atoms with Crippen LogP contribution in [-0.4, -0.2) is 10.2 Å². The highest BCUT2D eigenvalue weighted by Crippen LogP contribution is 2.31. The minimum absolute atomic E-state index is 0.183. The molecule has 0 aromatic heterocycles. The molecule has 0 aliphatic carbocycles. The van der Waals surface area contributed by atoms with Crippen LogP contribution in [0.1, 0.15) is 12.0 Å². The number of phenols is 1. The summed E-state index contributed by atoms with van der Waals surface area (Å²) < 4.78 is 0. The minimum Gasteiger partial charge on any atom is -0.508 e. The lowest BCUT2D eigenvalue weighted by Crippen LogP contribution is -1.85. The summed E-state index contributed by atoms with van der Waals surface area (Å²) in [4.78, 5) is 11.0. The van der Waals surface area contributed by atoms with Crippen molar-refractivity contribution < 1.29 is 9.90 Å². The zero-order chi connectivity index (χ0) is 9.26. The average molecular weight is 192 g/mol. The van der Waals surface area contributed by atoms with Gasteiger partial charge in [0, 0.05) is 6.42 Å². The second-order valence-corrected chi connectivity index (χ2v) is 3.78. The number of phenolic OH excluding ortho intramolecular Hbond substituents is 1. The monoisotopic (exact) mass is 192 g/mol. The van der Waals surface area contributed by atoms with Gasteiger partial charge in [-0.3, -0.25) is 4.79 Å². The first-order chi connectivity index (χ1) is 6.25. The van der Waals surface area contributed by atoms with Gasteiger partial charge in [0.1, 0.15) is 5.75 Å². The molecule has 1 aromatic rings. The largest absolute Gasteiger partial charge is 0.508 e. The van der Waals surface area contributed by atoms with Crippen molar-refractivity contribution in [2.24, 2.45) is 0 Å². The van der Waals surface area contributed by atoms with Crippen LogP contribution in [0.5, 0.6) is 5.75 Å². The molecular formula is C10H8O2S. The number of aromatic hydroxyl groups is 1. The Labute approximate surface area is 80.3 Å². The standard InChI is InChI=1S/C10H8O2S/c11-9-3-1-7(2-4-9)8-5-10(12)13-6-8/h1-4,6,11H,5H2. The third-order valence-electron chi connectivity index (χ3n) is 1.91. The number of thioether (sulfide) groups is 1. The Morgan fingerprint density at radius 1 is 1.23 bits per heavy atom. The van der Waals surface area contributed by atoms with Gasteiger partial charge in [-0.2, -0.15) is 0 Å². The maximum absolute atomic E-state index is 11.0. The molecule has 2 nitrogen and oxygen atoms in total. The molecule has 0 amide bonds. The molecule has 1 aromatic carbocycles. The summed E-state index contributed by atoms with van der Waals surface area (Å²) in [5, 5.41) is 11.1. The Balaban J connectivity index is 2.27. The van der Waals surface area contributed by atoms with E-state index in [-0.39, 0.29) is 10.9 Å². The van der Waals surface area contributed by atoms with Gasteiger partial charge in [-0.05, 0) is 28.7 Å². The van der Waals surface area contributed by atoms with E-state index in [0.29, 0.717) is 6.42 Å². The molecule has 2 rings (SSSR count). The SMILES string of the molecule is O=C1CC(c2ccc(O)cc2)=CS1. The van der Waals surface area contributed by atoms with E-state index in [4.69, 9.17) is 5.11 Å². The Bertz CT molecular complexity index is 365. The number of benzene rings is 1. The summed E-state index contributed by atoms with van der Waals surface area (Å²) in [5.74, 6) is 0.251. The zero-order valence-electron chi connectivity index (χ0n) is 6.86. The Morgan fingerprint density at radius 2 is 1.92 bits per heavy atom. The van der Waals surface area contributed by atoms with E-state index in [1.807, 2.05) is 17.5 Å². The lowest BCUT2D eigenvalue weighted by atomic mass is 10.1. The quantitative estimate of drug-likeness (QED) is 0.742. The van der Waals surface area contributed by atoms with Gasteiger partial charge in [-0.25, -0.2) is 0 Å². The lowest BCUT2D eigenvalue weighted by molar-refractivity contribution is -0.109. The summed E-state index contributed by atoms with van der Waals surface area (Å²) in [6.45, 7) is 0. The van der Waals surface area contributed by atoms with Crippen LogP contribution in [0.2, 0.25) is 0 Å². The fraction of sp³-hybridized carbons (Fsp3) is 0.100. The molecule has 3 heteroatoms. The third kappa shape index (κ3) is 1.75. The van der Waals surface area contributed by atoms with Crippen LogP contribution in [0, 0.1) is 0 Å². The highest BCUT2D eigenvalue weighted by molar-refractivity contribution is 8.16. The van der Waals surface area contributed by atoms with Crippen LogP contribution < -0.4 is 0 Å².